The van der Waals surface area contributed by atoms with Crippen molar-refractivity contribution in [1.29, 1.82) is 0 Å². The minimum absolute atomic E-state index is 0.0718. The molecule has 0 radical (unpaired) electrons. The maximum Gasteiger partial charge on any atom is 0.354 e. The van der Waals surface area contributed by atoms with E-state index in [1.807, 2.05) is 0 Å². The second kappa shape index (κ2) is 8.95. The van der Waals surface area contributed by atoms with Gasteiger partial charge in [-0.1, -0.05) is 23.2 Å². The first-order valence-electron chi connectivity index (χ1n) is 11.1. The van der Waals surface area contributed by atoms with Crippen LogP contribution >= 0.6 is 23.2 Å². The monoisotopic (exact) mass is 534 g/mol. The molecule has 0 saturated heterocycles. The number of fused-ring (bicyclic) bond motifs is 1. The molecule has 5 heterocycles. The highest BCUT2D eigenvalue weighted by Gasteiger charge is 2.31. The van der Waals surface area contributed by atoms with E-state index < -0.39 is 5.97 Å². The van der Waals surface area contributed by atoms with Gasteiger partial charge in [-0.3, -0.25) is 4.79 Å². The van der Waals surface area contributed by atoms with E-state index >= 15 is 0 Å². The molecule has 5 aromatic rings. The second-order valence-corrected chi connectivity index (χ2v) is 9.23. The van der Waals surface area contributed by atoms with Crippen LogP contribution in [0.5, 0.6) is 0 Å². The highest BCUT2D eigenvalue weighted by atomic mass is 35.5. The van der Waals surface area contributed by atoms with E-state index in [0.717, 1.165) is 0 Å². The SMILES string of the molecule is O=C(O)c1cc(-c2cnc([C@@H]3CCc4c(Cl)c(-c5cc(Cl)ccc5-n5cnnn5)cc(=O)n43)[nH]2)ccn1. The van der Waals surface area contributed by atoms with Crippen LogP contribution in [0.15, 0.2) is 59.9 Å². The molecule has 1 aliphatic heterocycles. The Labute approximate surface area is 218 Å². The Kier molecular flexibility index (Phi) is 5.58. The summed E-state index contributed by atoms with van der Waals surface area (Å²) in [7, 11) is 0. The third-order valence-corrected chi connectivity index (χ3v) is 6.95. The number of benzene rings is 1. The minimum atomic E-state index is -1.12. The molecule has 11 nitrogen and oxygen atoms in total. The molecule has 0 spiro atoms. The van der Waals surface area contributed by atoms with Gasteiger partial charge in [0.05, 0.1) is 28.6 Å². The summed E-state index contributed by atoms with van der Waals surface area (Å²) in [6, 6.07) is 9.47. The van der Waals surface area contributed by atoms with Crippen LogP contribution in [0.25, 0.3) is 28.1 Å². The topological polar surface area (TPSA) is 144 Å². The molecular formula is C24H16Cl2N8O3. The van der Waals surface area contributed by atoms with E-state index in [1.54, 1.807) is 35.0 Å². The number of tetrazole rings is 1. The number of hydrogen-bond acceptors (Lipinski definition) is 7. The van der Waals surface area contributed by atoms with Crippen LogP contribution in [0.2, 0.25) is 10.0 Å². The van der Waals surface area contributed by atoms with Gasteiger partial charge in [-0.2, -0.15) is 4.68 Å². The molecular weight excluding hydrogens is 519 g/mol. The zero-order chi connectivity index (χ0) is 25.7. The minimum Gasteiger partial charge on any atom is -0.477 e. The van der Waals surface area contributed by atoms with Gasteiger partial charge in [-0.05, 0) is 53.6 Å². The number of nitrogens with zero attached hydrogens (tertiary/aromatic N) is 7. The normalized spacial score (nSPS) is 14.6. The predicted molar refractivity (Wildman–Crippen MR) is 134 cm³/mol. The van der Waals surface area contributed by atoms with Gasteiger partial charge in [0.25, 0.3) is 5.56 Å². The van der Waals surface area contributed by atoms with Crippen molar-refractivity contribution in [1.82, 2.24) is 39.7 Å². The molecule has 0 amide bonds. The zero-order valence-corrected chi connectivity index (χ0v) is 20.3. The van der Waals surface area contributed by atoms with Crippen LogP contribution in [-0.4, -0.2) is 50.8 Å². The number of imidazole rings is 1. The van der Waals surface area contributed by atoms with Crippen LogP contribution in [-0.2, 0) is 6.42 Å². The highest BCUT2D eigenvalue weighted by molar-refractivity contribution is 6.34. The van der Waals surface area contributed by atoms with Crippen molar-refractivity contribution < 1.29 is 9.90 Å². The van der Waals surface area contributed by atoms with Crippen LogP contribution in [0.4, 0.5) is 0 Å². The first-order chi connectivity index (χ1) is 17.9. The average Bonchev–Trinajstić information content (AvgIpc) is 3.67. The molecule has 6 rings (SSSR count). The van der Waals surface area contributed by atoms with E-state index in [0.29, 0.717) is 62.5 Å². The Hall–Kier alpha value is -4.35. The lowest BCUT2D eigenvalue weighted by Crippen LogP contribution is -2.24. The molecule has 1 aromatic carbocycles. The van der Waals surface area contributed by atoms with Crippen molar-refractivity contribution in [3.63, 3.8) is 0 Å². The van der Waals surface area contributed by atoms with Crippen LogP contribution < -0.4 is 5.56 Å². The number of carboxylic acids is 1. The summed E-state index contributed by atoms with van der Waals surface area (Å²) in [6.45, 7) is 0. The molecule has 0 saturated carbocycles. The van der Waals surface area contributed by atoms with Crippen molar-refractivity contribution in [3.8, 4) is 28.1 Å². The first kappa shape index (κ1) is 23.1. The molecule has 184 valence electrons. The second-order valence-electron chi connectivity index (χ2n) is 8.41. The molecule has 1 aliphatic rings. The lowest BCUT2D eigenvalue weighted by molar-refractivity contribution is 0.0690. The number of hydrogen-bond donors (Lipinski definition) is 2. The number of carboxylic acid groups (broad SMARTS) is 1. The number of pyridine rings is 2. The van der Waals surface area contributed by atoms with Gasteiger partial charge < -0.3 is 14.7 Å². The van der Waals surface area contributed by atoms with Crippen molar-refractivity contribution >= 4 is 29.2 Å². The summed E-state index contributed by atoms with van der Waals surface area (Å²) < 4.78 is 3.12. The van der Waals surface area contributed by atoms with Crippen LogP contribution in [0.3, 0.4) is 0 Å². The largest absolute Gasteiger partial charge is 0.477 e. The van der Waals surface area contributed by atoms with Gasteiger partial charge in [-0.15, -0.1) is 5.10 Å². The van der Waals surface area contributed by atoms with Crippen LogP contribution in [0.1, 0.15) is 34.5 Å². The third-order valence-electron chi connectivity index (χ3n) is 6.30. The third kappa shape index (κ3) is 3.98. The summed E-state index contributed by atoms with van der Waals surface area (Å²) in [5.74, 6) is -0.545. The molecule has 0 unspecified atom stereocenters. The first-order valence-corrected chi connectivity index (χ1v) is 11.9. The number of carbonyl (C=O) groups is 1. The molecule has 1 atom stereocenters. The van der Waals surface area contributed by atoms with Crippen molar-refractivity contribution in [2.45, 2.75) is 18.9 Å². The van der Waals surface area contributed by atoms with E-state index in [1.165, 1.54) is 29.3 Å². The fourth-order valence-corrected chi connectivity index (χ4v) is 5.16. The highest BCUT2D eigenvalue weighted by Crippen LogP contribution is 2.40. The number of halogens is 2. The number of nitrogens with one attached hydrogen (secondary N) is 1. The molecule has 0 aliphatic carbocycles. The molecule has 13 heteroatoms. The number of aromatic amines is 1. The standard InChI is InChI=1S/C24H16Cl2N8O3/c25-13-1-2-18(33-11-29-31-32-33)14(8-13)15-9-21(35)34-19(22(15)26)3-4-20(34)23-28-10-17(30-23)12-5-6-27-16(7-12)24(36)37/h1-2,5-11,20H,3-4H2,(H,28,30)(H,36,37)/t20-/m0/s1. The van der Waals surface area contributed by atoms with Crippen molar-refractivity contribution in [2.75, 3.05) is 0 Å². The Balaban J connectivity index is 1.41. The summed E-state index contributed by atoms with van der Waals surface area (Å²) >= 11 is 13.2. The summed E-state index contributed by atoms with van der Waals surface area (Å²) in [4.78, 5) is 36.3. The van der Waals surface area contributed by atoms with Gasteiger partial charge in [0.2, 0.25) is 0 Å². The average molecular weight is 535 g/mol. The molecule has 2 N–H and O–H groups in total. The maximum absolute atomic E-state index is 13.4. The molecule has 37 heavy (non-hydrogen) atoms. The van der Waals surface area contributed by atoms with Gasteiger partial charge in [-0.25, -0.2) is 14.8 Å². The van der Waals surface area contributed by atoms with Crippen LogP contribution in [0, 0.1) is 0 Å². The smallest absolute Gasteiger partial charge is 0.354 e. The van der Waals surface area contributed by atoms with E-state index in [2.05, 4.69) is 30.5 Å². The fourth-order valence-electron chi connectivity index (χ4n) is 4.64. The van der Waals surface area contributed by atoms with Crippen molar-refractivity contribution in [3.05, 3.63) is 92.7 Å². The number of rotatable bonds is 5. The Morgan fingerprint density at radius 3 is 2.76 bits per heavy atom. The maximum atomic E-state index is 13.4. The number of aromatic nitrogens is 8. The Bertz CT molecular complexity index is 1730. The van der Waals surface area contributed by atoms with Gasteiger partial charge in [0.15, 0.2) is 0 Å². The Morgan fingerprint density at radius 1 is 1.11 bits per heavy atom. The zero-order valence-electron chi connectivity index (χ0n) is 18.8. The van der Waals surface area contributed by atoms with Gasteiger partial charge >= 0.3 is 5.97 Å². The van der Waals surface area contributed by atoms with E-state index in [9.17, 15) is 14.7 Å². The summed E-state index contributed by atoms with van der Waals surface area (Å²) in [5, 5.41) is 21.5. The quantitative estimate of drug-likeness (QED) is 0.346. The van der Waals surface area contributed by atoms with Crippen molar-refractivity contribution in [2.24, 2.45) is 0 Å². The van der Waals surface area contributed by atoms with Gasteiger partial charge in [0, 0.05) is 39.7 Å². The fraction of sp³-hybridized carbons (Fsp3) is 0.125. The summed E-state index contributed by atoms with van der Waals surface area (Å²) in [5.41, 5.74) is 3.41. The Morgan fingerprint density at radius 2 is 1.97 bits per heavy atom. The lowest BCUT2D eigenvalue weighted by atomic mass is 10.0. The van der Waals surface area contributed by atoms with E-state index in [-0.39, 0.29) is 17.3 Å². The molecule has 0 fully saturated rings. The molecule has 0 bridgehead atoms. The van der Waals surface area contributed by atoms with Gasteiger partial charge in [0.1, 0.15) is 17.8 Å². The number of H-pyrrole nitrogens is 1. The van der Waals surface area contributed by atoms with E-state index in [4.69, 9.17) is 23.2 Å². The summed E-state index contributed by atoms with van der Waals surface area (Å²) in [6.07, 6.45) is 5.65. The predicted octanol–water partition coefficient (Wildman–Crippen LogP) is 3.82. The number of aromatic carboxylic acids is 1. The lowest BCUT2D eigenvalue weighted by Gasteiger charge is -2.17. The molecule has 4 aromatic heterocycles.